The van der Waals surface area contributed by atoms with Crippen LogP contribution in [0, 0.1) is 6.92 Å². The van der Waals surface area contributed by atoms with Crippen molar-refractivity contribution in [1.29, 1.82) is 0 Å². The normalized spacial score (nSPS) is 17.9. The molecule has 0 radical (unpaired) electrons. The molecular weight excluding hydrogens is 364 g/mol. The molecule has 3 heteroatoms. The Morgan fingerprint density at radius 2 is 1.57 bits per heavy atom. The number of carboxylic acid groups (broad SMARTS) is 1. The van der Waals surface area contributed by atoms with E-state index in [2.05, 4.69) is 72.4 Å². The van der Waals surface area contributed by atoms with Crippen molar-refractivity contribution >= 4 is 30.2 Å². The highest BCUT2D eigenvalue weighted by atomic mass is 32.1. The van der Waals surface area contributed by atoms with Gasteiger partial charge in [0.25, 0.3) is 0 Å². The second-order valence-corrected chi connectivity index (χ2v) is 9.87. The Bertz CT molecular complexity index is 980. The van der Waals surface area contributed by atoms with Gasteiger partial charge in [0.15, 0.2) is 0 Å². The number of aryl methyl sites for hydroxylation is 1. The minimum Gasteiger partial charge on any atom is -0.478 e. The summed E-state index contributed by atoms with van der Waals surface area (Å²) in [7, 11) is 0. The summed E-state index contributed by atoms with van der Waals surface area (Å²) in [6.07, 6.45) is 4.45. The largest absolute Gasteiger partial charge is 0.478 e. The van der Waals surface area contributed by atoms with Gasteiger partial charge < -0.3 is 5.11 Å². The number of thiol groups is 1. The van der Waals surface area contributed by atoms with Crippen LogP contribution in [0.4, 0.5) is 0 Å². The zero-order valence-electron chi connectivity index (χ0n) is 17.7. The number of aromatic carboxylic acids is 1. The van der Waals surface area contributed by atoms with Crippen LogP contribution in [-0.2, 0) is 10.8 Å². The standard InChI is InChI=1S/C25H30O2S/c1-15(11-17-7-8-22(28)19(13-17)23(26)27)18-14-21-20(12-16(18)2)24(3,4)9-10-25(21,5)6/h7-8,11-14,28H,9-10H2,1-6H3,(H,26,27). The summed E-state index contributed by atoms with van der Waals surface area (Å²) in [6.45, 7) is 13.6. The van der Waals surface area contributed by atoms with Crippen LogP contribution < -0.4 is 0 Å². The van der Waals surface area contributed by atoms with E-state index in [0.717, 1.165) is 11.1 Å². The Balaban J connectivity index is 2.11. The zero-order chi connectivity index (χ0) is 20.9. The number of allylic oxidation sites excluding steroid dienone is 1. The van der Waals surface area contributed by atoms with E-state index in [4.69, 9.17) is 0 Å². The summed E-state index contributed by atoms with van der Waals surface area (Å²) < 4.78 is 0. The molecular formula is C25H30O2S. The first-order valence-corrected chi connectivity index (χ1v) is 10.3. The third-order valence-corrected chi connectivity index (χ3v) is 6.65. The zero-order valence-corrected chi connectivity index (χ0v) is 18.6. The second-order valence-electron chi connectivity index (χ2n) is 9.39. The SMILES string of the molecule is CC(=Cc1ccc(S)c(C(=O)O)c1)c1cc2c(cc1C)C(C)(C)CCC2(C)C. The average molecular weight is 395 g/mol. The van der Waals surface area contributed by atoms with Gasteiger partial charge in [-0.1, -0.05) is 52.0 Å². The van der Waals surface area contributed by atoms with Crippen molar-refractivity contribution in [3.8, 4) is 0 Å². The number of carboxylic acids is 1. The summed E-state index contributed by atoms with van der Waals surface area (Å²) in [5.74, 6) is -0.952. The molecule has 2 nitrogen and oxygen atoms in total. The Morgan fingerprint density at radius 3 is 2.14 bits per heavy atom. The maximum Gasteiger partial charge on any atom is 0.336 e. The minimum absolute atomic E-state index is 0.164. The van der Waals surface area contributed by atoms with Crippen molar-refractivity contribution < 1.29 is 9.90 Å². The molecule has 0 bridgehead atoms. The molecule has 0 heterocycles. The van der Waals surface area contributed by atoms with Gasteiger partial charge in [-0.15, -0.1) is 12.6 Å². The first kappa shape index (κ1) is 20.7. The van der Waals surface area contributed by atoms with Crippen molar-refractivity contribution in [2.45, 2.75) is 70.1 Å². The van der Waals surface area contributed by atoms with Gasteiger partial charge in [0.2, 0.25) is 0 Å². The van der Waals surface area contributed by atoms with E-state index in [9.17, 15) is 9.90 Å². The van der Waals surface area contributed by atoms with Crippen LogP contribution in [0.1, 0.15) is 85.6 Å². The fourth-order valence-corrected chi connectivity index (χ4v) is 4.52. The third kappa shape index (κ3) is 3.77. The molecule has 0 aromatic heterocycles. The molecule has 0 fully saturated rings. The summed E-state index contributed by atoms with van der Waals surface area (Å²) in [5.41, 5.74) is 8.02. The molecule has 0 unspecified atom stereocenters. The minimum atomic E-state index is -0.952. The van der Waals surface area contributed by atoms with Crippen LogP contribution in [0.2, 0.25) is 0 Å². The Hall–Kier alpha value is -2.00. The lowest BCUT2D eigenvalue weighted by Crippen LogP contribution is -2.34. The van der Waals surface area contributed by atoms with Gasteiger partial charge >= 0.3 is 5.97 Å². The van der Waals surface area contributed by atoms with Crippen LogP contribution in [0.25, 0.3) is 11.6 Å². The quantitative estimate of drug-likeness (QED) is 0.439. The fourth-order valence-electron chi connectivity index (χ4n) is 4.29. The Kier molecular flexibility index (Phi) is 5.26. The molecule has 0 spiro atoms. The first-order chi connectivity index (χ1) is 12.9. The molecule has 1 aliphatic rings. The molecule has 1 N–H and O–H groups in total. The highest BCUT2D eigenvalue weighted by molar-refractivity contribution is 7.80. The van der Waals surface area contributed by atoms with Gasteiger partial charge in [0.05, 0.1) is 5.56 Å². The second kappa shape index (κ2) is 7.11. The Morgan fingerprint density at radius 1 is 1.00 bits per heavy atom. The molecule has 28 heavy (non-hydrogen) atoms. The molecule has 0 saturated heterocycles. The first-order valence-electron chi connectivity index (χ1n) is 9.83. The van der Waals surface area contributed by atoms with E-state index < -0.39 is 5.97 Å². The number of hydrogen-bond acceptors (Lipinski definition) is 2. The summed E-state index contributed by atoms with van der Waals surface area (Å²) in [5, 5.41) is 9.35. The number of benzene rings is 2. The van der Waals surface area contributed by atoms with E-state index in [1.165, 1.54) is 35.1 Å². The van der Waals surface area contributed by atoms with Gasteiger partial charge in [0.1, 0.15) is 0 Å². The molecule has 0 amide bonds. The molecule has 0 aliphatic heterocycles. The Labute approximate surface area is 174 Å². The number of rotatable bonds is 3. The highest BCUT2D eigenvalue weighted by Gasteiger charge is 2.37. The van der Waals surface area contributed by atoms with Crippen LogP contribution in [0.5, 0.6) is 0 Å². The number of fused-ring (bicyclic) bond motifs is 1. The monoisotopic (exact) mass is 394 g/mol. The number of carbonyl (C=O) groups is 1. The lowest BCUT2D eigenvalue weighted by molar-refractivity contribution is 0.0693. The van der Waals surface area contributed by atoms with Crippen molar-refractivity contribution in [3.05, 3.63) is 63.7 Å². The van der Waals surface area contributed by atoms with Crippen LogP contribution in [0.3, 0.4) is 0 Å². The van der Waals surface area contributed by atoms with Crippen LogP contribution in [0.15, 0.2) is 35.2 Å². The summed E-state index contributed by atoms with van der Waals surface area (Å²) in [6, 6.07) is 10.1. The van der Waals surface area contributed by atoms with E-state index >= 15 is 0 Å². The summed E-state index contributed by atoms with van der Waals surface area (Å²) in [4.78, 5) is 11.9. The number of hydrogen-bond donors (Lipinski definition) is 2. The molecule has 2 aromatic rings. The fraction of sp³-hybridized carbons (Fsp3) is 0.400. The smallest absolute Gasteiger partial charge is 0.336 e. The van der Waals surface area contributed by atoms with Crippen molar-refractivity contribution in [2.75, 3.05) is 0 Å². The van der Waals surface area contributed by atoms with E-state index in [1.54, 1.807) is 12.1 Å². The van der Waals surface area contributed by atoms with Crippen molar-refractivity contribution in [2.24, 2.45) is 0 Å². The summed E-state index contributed by atoms with van der Waals surface area (Å²) >= 11 is 4.25. The molecule has 0 atom stereocenters. The predicted molar refractivity (Wildman–Crippen MR) is 121 cm³/mol. The third-order valence-electron chi connectivity index (χ3n) is 6.26. The molecule has 0 saturated carbocycles. The topological polar surface area (TPSA) is 37.3 Å². The predicted octanol–water partition coefficient (Wildman–Crippen LogP) is 6.89. The molecule has 1 aliphatic carbocycles. The van der Waals surface area contributed by atoms with Crippen LogP contribution in [-0.4, -0.2) is 11.1 Å². The maximum absolute atomic E-state index is 11.4. The van der Waals surface area contributed by atoms with Gasteiger partial charge in [-0.2, -0.15) is 0 Å². The van der Waals surface area contributed by atoms with Gasteiger partial charge in [0, 0.05) is 4.90 Å². The van der Waals surface area contributed by atoms with Gasteiger partial charge in [-0.05, 0) is 83.0 Å². The van der Waals surface area contributed by atoms with Crippen LogP contribution >= 0.6 is 12.6 Å². The maximum atomic E-state index is 11.4. The van der Waals surface area contributed by atoms with Gasteiger partial charge in [-0.25, -0.2) is 4.79 Å². The lowest BCUT2D eigenvalue weighted by atomic mass is 9.62. The highest BCUT2D eigenvalue weighted by Crippen LogP contribution is 2.47. The van der Waals surface area contributed by atoms with E-state index in [1.807, 2.05) is 6.07 Å². The van der Waals surface area contributed by atoms with Gasteiger partial charge in [-0.3, -0.25) is 0 Å². The van der Waals surface area contributed by atoms with E-state index in [0.29, 0.717) is 4.90 Å². The average Bonchev–Trinajstić information content (AvgIpc) is 2.60. The molecule has 3 rings (SSSR count). The van der Waals surface area contributed by atoms with Crippen molar-refractivity contribution in [1.82, 2.24) is 0 Å². The lowest BCUT2D eigenvalue weighted by Gasteiger charge is -2.42. The molecule has 2 aromatic carbocycles. The van der Waals surface area contributed by atoms with Crippen molar-refractivity contribution in [3.63, 3.8) is 0 Å². The molecule has 148 valence electrons. The van der Waals surface area contributed by atoms with E-state index in [-0.39, 0.29) is 16.4 Å².